The number of aromatic nitrogens is 1. The maximum atomic E-state index is 6.32. The molecule has 3 unspecified atom stereocenters. The Kier molecular flexibility index (Phi) is 3.06. The van der Waals surface area contributed by atoms with E-state index < -0.39 is 0 Å². The largest absolute Gasteiger partial charge is 0.324 e. The van der Waals surface area contributed by atoms with Crippen molar-refractivity contribution in [2.75, 3.05) is 0 Å². The van der Waals surface area contributed by atoms with E-state index in [0.29, 0.717) is 16.9 Å². The second-order valence-electron chi connectivity index (χ2n) is 4.84. The van der Waals surface area contributed by atoms with Gasteiger partial charge >= 0.3 is 0 Å². The summed E-state index contributed by atoms with van der Waals surface area (Å²) in [6.07, 6.45) is 4.56. The maximum Gasteiger partial charge on any atom is 0.0637 e. The van der Waals surface area contributed by atoms with Gasteiger partial charge in [0.2, 0.25) is 0 Å². The molecule has 1 heterocycles. The average Bonchev–Trinajstić information content (AvgIpc) is 3.20. The summed E-state index contributed by atoms with van der Waals surface area (Å²) in [5.74, 6) is 1.07. The Morgan fingerprint density at radius 1 is 1.22 bits per heavy atom. The van der Waals surface area contributed by atoms with Gasteiger partial charge in [0.05, 0.1) is 5.02 Å². The van der Waals surface area contributed by atoms with E-state index in [1.807, 2.05) is 12.1 Å². The molecule has 0 bridgehead atoms. The quantitative estimate of drug-likeness (QED) is 0.915. The molecule has 3 rings (SSSR count). The van der Waals surface area contributed by atoms with Crippen molar-refractivity contribution >= 4 is 11.6 Å². The summed E-state index contributed by atoms with van der Waals surface area (Å²) >= 11 is 6.14. The average molecular weight is 259 g/mol. The van der Waals surface area contributed by atoms with Crippen molar-refractivity contribution in [1.82, 2.24) is 4.98 Å². The second-order valence-corrected chi connectivity index (χ2v) is 5.25. The van der Waals surface area contributed by atoms with Gasteiger partial charge in [-0.3, -0.25) is 4.98 Å². The summed E-state index contributed by atoms with van der Waals surface area (Å²) in [4.78, 5) is 4.00. The van der Waals surface area contributed by atoms with Crippen molar-refractivity contribution in [2.45, 2.75) is 18.4 Å². The van der Waals surface area contributed by atoms with Crippen LogP contribution in [0.25, 0.3) is 0 Å². The van der Waals surface area contributed by atoms with Gasteiger partial charge in [-0.2, -0.15) is 0 Å². The minimum absolute atomic E-state index is 0.00528. The summed E-state index contributed by atoms with van der Waals surface area (Å²) in [6.45, 7) is 0. The number of hydrogen-bond donors (Lipinski definition) is 1. The standard InChI is InChI=1S/C15H15ClN2/c16-14-9-18-7-6-11(14)15(17)13-8-12(13)10-4-2-1-3-5-10/h1-7,9,12-13,15H,8,17H2. The molecule has 2 N–H and O–H groups in total. The van der Waals surface area contributed by atoms with Crippen LogP contribution in [0.1, 0.15) is 29.5 Å². The molecule has 3 atom stereocenters. The molecule has 0 saturated heterocycles. The first-order valence-electron chi connectivity index (χ1n) is 6.17. The first kappa shape index (κ1) is 11.7. The van der Waals surface area contributed by atoms with E-state index in [1.54, 1.807) is 12.4 Å². The van der Waals surface area contributed by atoms with E-state index in [1.165, 1.54) is 5.56 Å². The summed E-state index contributed by atoms with van der Waals surface area (Å²) in [5.41, 5.74) is 8.70. The molecule has 2 nitrogen and oxygen atoms in total. The lowest BCUT2D eigenvalue weighted by Crippen LogP contribution is -2.14. The van der Waals surface area contributed by atoms with E-state index in [9.17, 15) is 0 Å². The molecule has 0 aliphatic heterocycles. The van der Waals surface area contributed by atoms with Gasteiger partial charge in [0, 0.05) is 18.4 Å². The van der Waals surface area contributed by atoms with Crippen molar-refractivity contribution in [3.05, 3.63) is 64.9 Å². The first-order valence-corrected chi connectivity index (χ1v) is 6.55. The Morgan fingerprint density at radius 3 is 2.72 bits per heavy atom. The molecule has 0 amide bonds. The minimum atomic E-state index is 0.00528. The van der Waals surface area contributed by atoms with Crippen LogP contribution in [0.5, 0.6) is 0 Å². The fourth-order valence-corrected chi connectivity index (χ4v) is 2.83. The van der Waals surface area contributed by atoms with Crippen LogP contribution in [0.15, 0.2) is 48.8 Å². The van der Waals surface area contributed by atoms with Crippen LogP contribution in [-0.2, 0) is 0 Å². The number of nitrogens with zero attached hydrogens (tertiary/aromatic N) is 1. The lowest BCUT2D eigenvalue weighted by atomic mass is 10.0. The van der Waals surface area contributed by atoms with Crippen molar-refractivity contribution in [3.8, 4) is 0 Å². The molecule has 92 valence electrons. The van der Waals surface area contributed by atoms with E-state index >= 15 is 0 Å². The number of rotatable bonds is 3. The van der Waals surface area contributed by atoms with Crippen LogP contribution in [-0.4, -0.2) is 4.98 Å². The Bertz CT molecular complexity index is 541. The van der Waals surface area contributed by atoms with E-state index in [4.69, 9.17) is 17.3 Å². The minimum Gasteiger partial charge on any atom is -0.324 e. The summed E-state index contributed by atoms with van der Waals surface area (Å²) < 4.78 is 0. The van der Waals surface area contributed by atoms with Crippen LogP contribution in [0.4, 0.5) is 0 Å². The van der Waals surface area contributed by atoms with E-state index in [-0.39, 0.29) is 6.04 Å². The summed E-state index contributed by atoms with van der Waals surface area (Å²) in [6, 6.07) is 12.5. The van der Waals surface area contributed by atoms with E-state index in [0.717, 1.165) is 12.0 Å². The maximum absolute atomic E-state index is 6.32. The van der Waals surface area contributed by atoms with Gasteiger partial charge in [0.15, 0.2) is 0 Å². The molecule has 1 saturated carbocycles. The Hall–Kier alpha value is -1.38. The van der Waals surface area contributed by atoms with Crippen molar-refractivity contribution < 1.29 is 0 Å². The normalized spacial score (nSPS) is 23.7. The Balaban J connectivity index is 1.77. The van der Waals surface area contributed by atoms with Crippen LogP contribution in [0.2, 0.25) is 5.02 Å². The van der Waals surface area contributed by atoms with Crippen LogP contribution in [0.3, 0.4) is 0 Å². The van der Waals surface area contributed by atoms with E-state index in [2.05, 4.69) is 29.2 Å². The predicted octanol–water partition coefficient (Wildman–Crippen LogP) is 3.54. The summed E-state index contributed by atoms with van der Waals surface area (Å²) in [7, 11) is 0. The summed E-state index contributed by atoms with van der Waals surface area (Å²) in [5, 5.41) is 0.670. The van der Waals surface area contributed by atoms with Crippen molar-refractivity contribution in [3.63, 3.8) is 0 Å². The van der Waals surface area contributed by atoms with Gasteiger partial charge in [-0.1, -0.05) is 41.9 Å². The molecule has 1 aromatic heterocycles. The molecule has 1 aromatic carbocycles. The Labute approximate surface area is 112 Å². The zero-order chi connectivity index (χ0) is 12.5. The lowest BCUT2D eigenvalue weighted by molar-refractivity contribution is 0.615. The third-order valence-corrected chi connectivity index (χ3v) is 4.01. The highest BCUT2D eigenvalue weighted by Crippen LogP contribution is 2.53. The topological polar surface area (TPSA) is 38.9 Å². The zero-order valence-electron chi connectivity index (χ0n) is 9.96. The number of hydrogen-bond acceptors (Lipinski definition) is 2. The molecule has 1 aliphatic carbocycles. The second kappa shape index (κ2) is 4.71. The fourth-order valence-electron chi connectivity index (χ4n) is 2.58. The first-order chi connectivity index (χ1) is 8.77. The number of benzene rings is 1. The highest BCUT2D eigenvalue weighted by Gasteiger charge is 2.43. The van der Waals surface area contributed by atoms with Crippen LogP contribution < -0.4 is 5.73 Å². The van der Waals surface area contributed by atoms with Gasteiger partial charge in [0.1, 0.15) is 0 Å². The van der Waals surface area contributed by atoms with Gasteiger partial charge in [0.25, 0.3) is 0 Å². The smallest absolute Gasteiger partial charge is 0.0637 e. The third kappa shape index (κ3) is 2.14. The highest BCUT2D eigenvalue weighted by molar-refractivity contribution is 6.31. The zero-order valence-corrected chi connectivity index (χ0v) is 10.7. The molecule has 1 aliphatic rings. The van der Waals surface area contributed by atoms with Crippen LogP contribution >= 0.6 is 11.6 Å². The molecule has 3 heteroatoms. The van der Waals surface area contributed by atoms with Gasteiger partial charge < -0.3 is 5.73 Å². The molecule has 1 fully saturated rings. The van der Waals surface area contributed by atoms with Crippen molar-refractivity contribution in [2.24, 2.45) is 11.7 Å². The highest BCUT2D eigenvalue weighted by atomic mass is 35.5. The molecule has 0 spiro atoms. The fraction of sp³-hybridized carbons (Fsp3) is 0.267. The molecular weight excluding hydrogens is 244 g/mol. The molecule has 0 radical (unpaired) electrons. The molecule has 2 aromatic rings. The third-order valence-electron chi connectivity index (χ3n) is 3.69. The molecular formula is C15H15ClN2. The monoisotopic (exact) mass is 258 g/mol. The number of pyridine rings is 1. The van der Waals surface area contributed by atoms with Gasteiger partial charge in [-0.05, 0) is 35.4 Å². The van der Waals surface area contributed by atoms with Crippen LogP contribution in [0, 0.1) is 5.92 Å². The van der Waals surface area contributed by atoms with Crippen molar-refractivity contribution in [1.29, 1.82) is 0 Å². The molecule has 18 heavy (non-hydrogen) atoms. The number of halogens is 1. The predicted molar refractivity (Wildman–Crippen MR) is 73.5 cm³/mol. The number of nitrogens with two attached hydrogens (primary N) is 1. The van der Waals surface area contributed by atoms with Gasteiger partial charge in [-0.25, -0.2) is 0 Å². The lowest BCUT2D eigenvalue weighted by Gasteiger charge is -2.13. The Morgan fingerprint density at radius 2 is 2.00 bits per heavy atom. The SMILES string of the molecule is NC(c1ccncc1Cl)C1CC1c1ccccc1. The van der Waals surface area contributed by atoms with Gasteiger partial charge in [-0.15, -0.1) is 0 Å².